The predicted molar refractivity (Wildman–Crippen MR) is 93.1 cm³/mol. The van der Waals surface area contributed by atoms with Crippen LogP contribution < -0.4 is 0 Å². The van der Waals surface area contributed by atoms with Gasteiger partial charge in [0, 0.05) is 32.2 Å². The lowest BCUT2D eigenvalue weighted by molar-refractivity contribution is 0.0467. The SMILES string of the molecule is Cn1nccc1C(=O)N1Cc2cncn2[C@H](COCc2ccccn2)C1. The maximum Gasteiger partial charge on any atom is 0.272 e. The highest BCUT2D eigenvalue weighted by Crippen LogP contribution is 2.23. The summed E-state index contributed by atoms with van der Waals surface area (Å²) in [6, 6.07) is 7.50. The molecule has 134 valence electrons. The van der Waals surface area contributed by atoms with Crippen molar-refractivity contribution in [2.24, 2.45) is 7.05 Å². The molecule has 0 radical (unpaired) electrons. The molecule has 8 heteroatoms. The quantitative estimate of drug-likeness (QED) is 0.694. The summed E-state index contributed by atoms with van der Waals surface area (Å²) in [5, 5.41) is 4.09. The Bertz CT molecular complexity index is 888. The molecule has 0 aliphatic carbocycles. The summed E-state index contributed by atoms with van der Waals surface area (Å²) in [6.45, 7) is 2.02. The average Bonchev–Trinajstić information content (AvgIpc) is 3.30. The number of nitrogens with zero attached hydrogens (tertiary/aromatic N) is 6. The van der Waals surface area contributed by atoms with Gasteiger partial charge in [-0.2, -0.15) is 5.10 Å². The lowest BCUT2D eigenvalue weighted by Crippen LogP contribution is -2.42. The van der Waals surface area contributed by atoms with Gasteiger partial charge in [-0.15, -0.1) is 0 Å². The Labute approximate surface area is 151 Å². The van der Waals surface area contributed by atoms with Crippen LogP contribution in [0.2, 0.25) is 0 Å². The first-order valence-electron chi connectivity index (χ1n) is 8.48. The number of rotatable bonds is 5. The second kappa shape index (κ2) is 7.09. The van der Waals surface area contributed by atoms with Crippen LogP contribution in [0, 0.1) is 0 Å². The minimum atomic E-state index is -0.0350. The first kappa shape index (κ1) is 16.5. The van der Waals surface area contributed by atoms with E-state index in [0.29, 0.717) is 32.0 Å². The third-order valence-corrected chi connectivity index (χ3v) is 4.54. The summed E-state index contributed by atoms with van der Waals surface area (Å²) in [7, 11) is 1.77. The monoisotopic (exact) mass is 352 g/mol. The fraction of sp³-hybridized carbons (Fsp3) is 0.333. The van der Waals surface area contributed by atoms with Gasteiger partial charge in [-0.05, 0) is 18.2 Å². The molecule has 4 rings (SSSR count). The van der Waals surface area contributed by atoms with E-state index in [1.54, 1.807) is 42.7 Å². The smallest absolute Gasteiger partial charge is 0.272 e. The minimum Gasteiger partial charge on any atom is -0.373 e. The van der Waals surface area contributed by atoms with Crippen LogP contribution in [-0.2, 0) is 24.9 Å². The second-order valence-corrected chi connectivity index (χ2v) is 6.31. The molecular formula is C18H20N6O2. The molecule has 26 heavy (non-hydrogen) atoms. The van der Waals surface area contributed by atoms with Gasteiger partial charge in [0.2, 0.25) is 0 Å². The van der Waals surface area contributed by atoms with Crippen molar-refractivity contribution in [3.63, 3.8) is 0 Å². The molecule has 0 N–H and O–H groups in total. The highest BCUT2D eigenvalue weighted by molar-refractivity contribution is 5.92. The molecule has 0 unspecified atom stereocenters. The van der Waals surface area contributed by atoms with Gasteiger partial charge in [0.1, 0.15) is 5.69 Å². The number of hydrogen-bond acceptors (Lipinski definition) is 5. The number of carbonyl (C=O) groups excluding carboxylic acids is 1. The molecule has 4 heterocycles. The van der Waals surface area contributed by atoms with Gasteiger partial charge in [-0.25, -0.2) is 4.98 Å². The molecule has 1 aliphatic rings. The zero-order valence-corrected chi connectivity index (χ0v) is 14.5. The molecule has 1 atom stereocenters. The van der Waals surface area contributed by atoms with Gasteiger partial charge in [-0.1, -0.05) is 6.07 Å². The zero-order valence-electron chi connectivity index (χ0n) is 14.5. The number of imidazole rings is 1. The Kier molecular flexibility index (Phi) is 4.49. The molecule has 1 amide bonds. The number of hydrogen-bond donors (Lipinski definition) is 0. The van der Waals surface area contributed by atoms with Crippen LogP contribution >= 0.6 is 0 Å². The lowest BCUT2D eigenvalue weighted by atomic mass is 10.2. The molecule has 1 aliphatic heterocycles. The summed E-state index contributed by atoms with van der Waals surface area (Å²) in [6.07, 6.45) is 6.99. The zero-order chi connectivity index (χ0) is 17.9. The van der Waals surface area contributed by atoms with Crippen molar-refractivity contribution in [2.75, 3.05) is 13.2 Å². The van der Waals surface area contributed by atoms with Crippen molar-refractivity contribution in [1.82, 2.24) is 29.2 Å². The Morgan fingerprint density at radius 1 is 1.31 bits per heavy atom. The van der Waals surface area contributed by atoms with Crippen molar-refractivity contribution >= 4 is 5.91 Å². The van der Waals surface area contributed by atoms with E-state index in [-0.39, 0.29) is 11.9 Å². The normalized spacial score (nSPS) is 16.5. The van der Waals surface area contributed by atoms with Gasteiger partial charge in [0.15, 0.2) is 0 Å². The fourth-order valence-corrected chi connectivity index (χ4v) is 3.20. The van der Waals surface area contributed by atoms with Crippen molar-refractivity contribution in [1.29, 1.82) is 0 Å². The van der Waals surface area contributed by atoms with Crippen LogP contribution in [0.25, 0.3) is 0 Å². The third-order valence-electron chi connectivity index (χ3n) is 4.54. The first-order valence-corrected chi connectivity index (χ1v) is 8.48. The Hall–Kier alpha value is -3.00. The lowest BCUT2D eigenvalue weighted by Gasteiger charge is -2.34. The fourth-order valence-electron chi connectivity index (χ4n) is 3.20. The van der Waals surface area contributed by atoms with E-state index < -0.39 is 0 Å². The molecule has 0 saturated carbocycles. The van der Waals surface area contributed by atoms with E-state index in [1.807, 2.05) is 23.1 Å². The van der Waals surface area contributed by atoms with Gasteiger partial charge in [-0.3, -0.25) is 14.5 Å². The molecule has 3 aromatic rings. The number of fused-ring (bicyclic) bond motifs is 1. The van der Waals surface area contributed by atoms with Gasteiger partial charge < -0.3 is 14.2 Å². The summed E-state index contributed by atoms with van der Waals surface area (Å²) >= 11 is 0. The van der Waals surface area contributed by atoms with Crippen LogP contribution in [0.1, 0.15) is 27.9 Å². The standard InChI is InChI=1S/C18H20N6O2/c1-22-17(5-7-21-22)18(25)23-9-15-8-19-13-24(15)16(10-23)12-26-11-14-4-2-3-6-20-14/h2-8,13,16H,9-12H2,1H3/t16-/m0/s1. The topological polar surface area (TPSA) is 78.1 Å². The largest absolute Gasteiger partial charge is 0.373 e. The van der Waals surface area contributed by atoms with Crippen LogP contribution in [-0.4, -0.2) is 48.3 Å². The van der Waals surface area contributed by atoms with Crippen molar-refractivity contribution < 1.29 is 9.53 Å². The maximum atomic E-state index is 12.8. The Morgan fingerprint density at radius 2 is 2.23 bits per heavy atom. The predicted octanol–water partition coefficient (Wildman–Crippen LogP) is 1.43. The highest BCUT2D eigenvalue weighted by Gasteiger charge is 2.29. The summed E-state index contributed by atoms with van der Waals surface area (Å²) < 4.78 is 9.55. The minimum absolute atomic E-state index is 0.0159. The number of pyridine rings is 1. The van der Waals surface area contributed by atoms with E-state index in [9.17, 15) is 4.79 Å². The van der Waals surface area contributed by atoms with Crippen LogP contribution in [0.5, 0.6) is 0 Å². The van der Waals surface area contributed by atoms with Gasteiger partial charge >= 0.3 is 0 Å². The van der Waals surface area contributed by atoms with Crippen LogP contribution in [0.3, 0.4) is 0 Å². The number of carbonyl (C=O) groups is 1. The molecule has 0 bridgehead atoms. The highest BCUT2D eigenvalue weighted by atomic mass is 16.5. The van der Waals surface area contributed by atoms with E-state index in [2.05, 4.69) is 19.6 Å². The molecule has 0 fully saturated rings. The molecule has 0 aromatic carbocycles. The van der Waals surface area contributed by atoms with Crippen molar-refractivity contribution in [3.8, 4) is 0 Å². The molecule has 8 nitrogen and oxygen atoms in total. The van der Waals surface area contributed by atoms with Gasteiger partial charge in [0.05, 0.1) is 43.5 Å². The van der Waals surface area contributed by atoms with E-state index in [1.165, 1.54) is 0 Å². The summed E-state index contributed by atoms with van der Waals surface area (Å²) in [5.74, 6) is -0.0350. The van der Waals surface area contributed by atoms with Crippen LogP contribution in [0.15, 0.2) is 49.2 Å². The molecule has 0 saturated heterocycles. The van der Waals surface area contributed by atoms with Gasteiger partial charge in [0.25, 0.3) is 5.91 Å². The van der Waals surface area contributed by atoms with E-state index in [4.69, 9.17) is 4.74 Å². The Morgan fingerprint density at radius 3 is 3.00 bits per heavy atom. The summed E-state index contributed by atoms with van der Waals surface area (Å²) in [5.41, 5.74) is 2.46. The van der Waals surface area contributed by atoms with Crippen molar-refractivity contribution in [2.45, 2.75) is 19.2 Å². The van der Waals surface area contributed by atoms with Crippen molar-refractivity contribution in [3.05, 3.63) is 66.3 Å². The second-order valence-electron chi connectivity index (χ2n) is 6.31. The molecule has 3 aromatic heterocycles. The van der Waals surface area contributed by atoms with E-state index >= 15 is 0 Å². The molecule has 0 spiro atoms. The maximum absolute atomic E-state index is 12.8. The first-order chi connectivity index (χ1) is 12.7. The summed E-state index contributed by atoms with van der Waals surface area (Å²) in [4.78, 5) is 23.2. The third kappa shape index (κ3) is 3.23. The van der Waals surface area contributed by atoms with Crippen LogP contribution in [0.4, 0.5) is 0 Å². The number of amides is 1. The average molecular weight is 352 g/mol. The number of aromatic nitrogens is 5. The Balaban J connectivity index is 1.46. The molecular weight excluding hydrogens is 332 g/mol. The number of aryl methyl sites for hydroxylation is 1. The van der Waals surface area contributed by atoms with E-state index in [0.717, 1.165) is 11.4 Å². The number of ether oxygens (including phenoxy) is 1.